The van der Waals surface area contributed by atoms with E-state index in [1.54, 1.807) is 30.8 Å². The Labute approximate surface area is 134 Å². The third-order valence-corrected chi connectivity index (χ3v) is 4.58. The predicted octanol–water partition coefficient (Wildman–Crippen LogP) is 4.26. The number of hydrogen-bond donors (Lipinski definition) is 1. The van der Waals surface area contributed by atoms with E-state index in [4.69, 9.17) is 4.42 Å². The van der Waals surface area contributed by atoms with E-state index in [9.17, 15) is 9.18 Å². The van der Waals surface area contributed by atoms with Gasteiger partial charge in [0.25, 0.3) is 5.91 Å². The van der Waals surface area contributed by atoms with E-state index in [1.807, 2.05) is 13.8 Å². The molecule has 2 aromatic rings. The van der Waals surface area contributed by atoms with Gasteiger partial charge < -0.3 is 9.73 Å². The van der Waals surface area contributed by atoms with Gasteiger partial charge in [0.15, 0.2) is 0 Å². The van der Waals surface area contributed by atoms with E-state index in [0.29, 0.717) is 17.9 Å². The lowest BCUT2D eigenvalue weighted by Gasteiger charge is -2.05. The molecule has 0 spiro atoms. The lowest BCUT2D eigenvalue weighted by Crippen LogP contribution is -2.25. The van der Waals surface area contributed by atoms with Gasteiger partial charge in [0.2, 0.25) is 0 Å². The average molecular weight is 321 g/mol. The third-order valence-electron chi connectivity index (χ3n) is 3.48. The molecule has 0 fully saturated rings. The number of amides is 1. The normalized spacial score (nSPS) is 10.7. The van der Waals surface area contributed by atoms with Gasteiger partial charge in [-0.2, -0.15) is 0 Å². The van der Waals surface area contributed by atoms with Gasteiger partial charge in [0.1, 0.15) is 17.3 Å². The largest absolute Gasteiger partial charge is 0.466 e. The molecule has 0 aliphatic heterocycles. The van der Waals surface area contributed by atoms with Crippen LogP contribution in [0.4, 0.5) is 4.39 Å². The summed E-state index contributed by atoms with van der Waals surface area (Å²) in [5.74, 6) is 2.01. The number of aryl methyl sites for hydroxylation is 2. The molecule has 2 rings (SSSR count). The summed E-state index contributed by atoms with van der Waals surface area (Å²) in [4.78, 5) is 13.2. The van der Waals surface area contributed by atoms with Crippen molar-refractivity contribution in [3.8, 4) is 0 Å². The Hall–Kier alpha value is -1.75. The summed E-state index contributed by atoms with van der Waals surface area (Å²) in [6, 6.07) is 6.44. The van der Waals surface area contributed by atoms with E-state index in [2.05, 4.69) is 5.32 Å². The van der Waals surface area contributed by atoms with Crippen LogP contribution >= 0.6 is 11.8 Å². The molecule has 0 aliphatic rings. The maximum atomic E-state index is 12.8. The third kappa shape index (κ3) is 4.13. The van der Waals surface area contributed by atoms with Crippen molar-refractivity contribution in [3.63, 3.8) is 0 Å². The first kappa shape index (κ1) is 16.6. The molecule has 118 valence electrons. The van der Waals surface area contributed by atoms with Crippen LogP contribution in [0.3, 0.4) is 0 Å². The number of halogens is 1. The monoisotopic (exact) mass is 321 g/mol. The predicted molar refractivity (Wildman–Crippen MR) is 87.0 cm³/mol. The van der Waals surface area contributed by atoms with Gasteiger partial charge in [-0.05, 0) is 57.2 Å². The summed E-state index contributed by atoms with van der Waals surface area (Å²) in [5, 5.41) is 2.92. The zero-order valence-corrected chi connectivity index (χ0v) is 13.8. The summed E-state index contributed by atoms with van der Waals surface area (Å²) >= 11 is 1.65. The van der Waals surface area contributed by atoms with Gasteiger partial charge in [0, 0.05) is 17.0 Å². The van der Waals surface area contributed by atoms with Crippen LogP contribution in [0.1, 0.15) is 33.9 Å². The van der Waals surface area contributed by atoms with Gasteiger partial charge >= 0.3 is 0 Å². The quantitative estimate of drug-likeness (QED) is 0.638. The van der Waals surface area contributed by atoms with Crippen molar-refractivity contribution in [2.24, 2.45) is 0 Å². The van der Waals surface area contributed by atoms with E-state index >= 15 is 0 Å². The molecular weight excluding hydrogens is 301 g/mol. The molecule has 5 heteroatoms. The van der Waals surface area contributed by atoms with Gasteiger partial charge in [-0.15, -0.1) is 11.8 Å². The molecule has 0 unspecified atom stereocenters. The molecule has 0 aliphatic carbocycles. The van der Waals surface area contributed by atoms with Crippen molar-refractivity contribution in [2.75, 3.05) is 12.3 Å². The van der Waals surface area contributed by atoms with E-state index in [0.717, 1.165) is 28.4 Å². The van der Waals surface area contributed by atoms with Gasteiger partial charge in [-0.3, -0.25) is 4.79 Å². The minimum Gasteiger partial charge on any atom is -0.466 e. The molecule has 0 saturated heterocycles. The second-order valence-corrected chi connectivity index (χ2v) is 6.29. The van der Waals surface area contributed by atoms with Crippen LogP contribution < -0.4 is 5.32 Å². The van der Waals surface area contributed by atoms with Gasteiger partial charge in [0.05, 0.1) is 5.56 Å². The summed E-state index contributed by atoms with van der Waals surface area (Å²) in [5.41, 5.74) is 1.54. The minimum atomic E-state index is -0.224. The van der Waals surface area contributed by atoms with Crippen molar-refractivity contribution < 1.29 is 13.6 Å². The summed E-state index contributed by atoms with van der Waals surface area (Å²) < 4.78 is 18.2. The van der Waals surface area contributed by atoms with E-state index < -0.39 is 0 Å². The molecule has 1 N–H and O–H groups in total. The molecule has 3 nitrogen and oxygen atoms in total. The van der Waals surface area contributed by atoms with Crippen molar-refractivity contribution in [2.45, 2.75) is 32.1 Å². The van der Waals surface area contributed by atoms with Crippen molar-refractivity contribution in [1.82, 2.24) is 5.32 Å². The van der Waals surface area contributed by atoms with Crippen LogP contribution in [0.15, 0.2) is 33.6 Å². The highest BCUT2D eigenvalue weighted by molar-refractivity contribution is 7.99. The lowest BCUT2D eigenvalue weighted by atomic mass is 10.1. The number of carbonyl (C=O) groups excluding carboxylic acids is 1. The molecular formula is C17H20FNO2S. The summed E-state index contributed by atoms with van der Waals surface area (Å²) in [6.07, 6.45) is 0.850. The number of furan rings is 1. The average Bonchev–Trinajstić information content (AvgIpc) is 2.73. The zero-order valence-electron chi connectivity index (χ0n) is 13.0. The summed E-state index contributed by atoms with van der Waals surface area (Å²) in [6.45, 7) is 6.17. The molecule has 0 bridgehead atoms. The van der Waals surface area contributed by atoms with Crippen molar-refractivity contribution >= 4 is 17.7 Å². The number of thioether (sulfide) groups is 1. The Kier molecular flexibility index (Phi) is 5.66. The standard InChI is InChI=1S/C17H20FNO2S/c1-11-12(2)21-13(3)16(11)17(20)19-9-4-10-22-15-7-5-14(18)6-8-15/h5-8H,4,9-10H2,1-3H3,(H,19,20). The highest BCUT2D eigenvalue weighted by Gasteiger charge is 2.17. The van der Waals surface area contributed by atoms with Crippen LogP contribution in [-0.2, 0) is 0 Å². The van der Waals surface area contributed by atoms with E-state index in [-0.39, 0.29) is 11.7 Å². The van der Waals surface area contributed by atoms with Crippen LogP contribution in [-0.4, -0.2) is 18.2 Å². The van der Waals surface area contributed by atoms with Crippen molar-refractivity contribution in [1.29, 1.82) is 0 Å². The fourth-order valence-electron chi connectivity index (χ4n) is 2.21. The van der Waals surface area contributed by atoms with Crippen molar-refractivity contribution in [3.05, 3.63) is 52.7 Å². The topological polar surface area (TPSA) is 42.2 Å². The van der Waals surface area contributed by atoms with Gasteiger partial charge in [-0.25, -0.2) is 4.39 Å². The number of nitrogens with one attached hydrogen (secondary N) is 1. The Morgan fingerprint density at radius 2 is 1.86 bits per heavy atom. The van der Waals surface area contributed by atoms with Gasteiger partial charge in [-0.1, -0.05) is 0 Å². The fraction of sp³-hybridized carbons (Fsp3) is 0.353. The van der Waals surface area contributed by atoms with E-state index in [1.165, 1.54) is 12.1 Å². The molecule has 1 aromatic heterocycles. The van der Waals surface area contributed by atoms with Crippen LogP contribution in [0.25, 0.3) is 0 Å². The molecule has 22 heavy (non-hydrogen) atoms. The summed E-state index contributed by atoms with van der Waals surface area (Å²) in [7, 11) is 0. The lowest BCUT2D eigenvalue weighted by molar-refractivity contribution is 0.0952. The highest BCUT2D eigenvalue weighted by atomic mass is 32.2. The Morgan fingerprint density at radius 1 is 1.18 bits per heavy atom. The Balaban J connectivity index is 1.74. The molecule has 1 heterocycles. The minimum absolute atomic E-state index is 0.0846. The first-order valence-corrected chi connectivity index (χ1v) is 8.20. The molecule has 1 aromatic carbocycles. The van der Waals surface area contributed by atoms with Crippen LogP contribution in [0, 0.1) is 26.6 Å². The first-order chi connectivity index (χ1) is 10.5. The van der Waals surface area contributed by atoms with Crippen LogP contribution in [0.2, 0.25) is 0 Å². The highest BCUT2D eigenvalue weighted by Crippen LogP contribution is 2.21. The second kappa shape index (κ2) is 7.49. The number of benzene rings is 1. The molecule has 0 saturated carbocycles. The molecule has 0 radical (unpaired) electrons. The number of carbonyl (C=O) groups is 1. The number of rotatable bonds is 6. The number of hydrogen-bond acceptors (Lipinski definition) is 3. The van der Waals surface area contributed by atoms with Crippen LogP contribution in [0.5, 0.6) is 0 Å². The second-order valence-electron chi connectivity index (χ2n) is 5.13. The first-order valence-electron chi connectivity index (χ1n) is 7.22. The molecule has 1 amide bonds. The fourth-order valence-corrected chi connectivity index (χ4v) is 3.06. The Bertz CT molecular complexity index is 649. The smallest absolute Gasteiger partial charge is 0.255 e. The zero-order chi connectivity index (χ0) is 16.1. The SMILES string of the molecule is Cc1oc(C)c(C(=O)NCCCSc2ccc(F)cc2)c1C. The molecule has 0 atom stereocenters. The maximum absolute atomic E-state index is 12.8. The Morgan fingerprint density at radius 3 is 2.45 bits per heavy atom. The maximum Gasteiger partial charge on any atom is 0.255 e.